The first-order valence-electron chi connectivity index (χ1n) is 5.36. The first-order chi connectivity index (χ1) is 6.77. The summed E-state index contributed by atoms with van der Waals surface area (Å²) < 4.78 is 5.33. The highest BCUT2D eigenvalue weighted by molar-refractivity contribution is 5.81. The lowest BCUT2D eigenvalue weighted by molar-refractivity contribution is -0.143. The summed E-state index contributed by atoms with van der Waals surface area (Å²) in [6.45, 7) is 1.96. The Morgan fingerprint density at radius 1 is 1.36 bits per heavy atom. The minimum absolute atomic E-state index is 0.0706. The molecule has 4 nitrogen and oxygen atoms in total. The van der Waals surface area contributed by atoms with Crippen LogP contribution >= 0.6 is 0 Å². The number of carbonyl (C=O) groups excluding carboxylic acids is 1. The molecular formula is C10H17NO3. The molecule has 2 atom stereocenters. The summed E-state index contributed by atoms with van der Waals surface area (Å²) in [6, 6.07) is 0. The molecule has 14 heavy (non-hydrogen) atoms. The molecule has 1 unspecified atom stereocenters. The lowest BCUT2D eigenvalue weighted by Gasteiger charge is -2.31. The van der Waals surface area contributed by atoms with Gasteiger partial charge in [0.1, 0.15) is 6.10 Å². The van der Waals surface area contributed by atoms with Gasteiger partial charge >= 0.3 is 0 Å². The number of likely N-dealkylation sites (tertiary alicyclic amines) is 1. The molecule has 2 saturated heterocycles. The maximum Gasteiger partial charge on any atom is 0.251 e. The van der Waals surface area contributed by atoms with Gasteiger partial charge in [-0.3, -0.25) is 4.79 Å². The van der Waals surface area contributed by atoms with E-state index in [4.69, 9.17) is 4.74 Å². The average molecular weight is 199 g/mol. The van der Waals surface area contributed by atoms with Crippen LogP contribution in [-0.2, 0) is 9.53 Å². The highest BCUT2D eigenvalue weighted by atomic mass is 16.5. The molecule has 80 valence electrons. The standard InChI is InChI=1S/C10H17NO3/c12-8-3-1-5-11(7-8)10(13)9-4-2-6-14-9/h8-9,12H,1-7H2/t8?,9-/m1/s1. The van der Waals surface area contributed by atoms with E-state index in [1.807, 2.05) is 0 Å². The molecular weight excluding hydrogens is 182 g/mol. The predicted octanol–water partition coefficient (Wildman–Crippen LogP) is 0.149. The van der Waals surface area contributed by atoms with Crippen LogP contribution in [0.25, 0.3) is 0 Å². The molecule has 0 saturated carbocycles. The second-order valence-electron chi connectivity index (χ2n) is 4.08. The quantitative estimate of drug-likeness (QED) is 0.654. The summed E-state index contributed by atoms with van der Waals surface area (Å²) in [4.78, 5) is 13.6. The topological polar surface area (TPSA) is 49.8 Å². The van der Waals surface area contributed by atoms with Crippen molar-refractivity contribution in [1.82, 2.24) is 4.90 Å². The third-order valence-corrected chi connectivity index (χ3v) is 2.91. The molecule has 0 aromatic heterocycles. The van der Waals surface area contributed by atoms with E-state index in [1.54, 1.807) is 4.90 Å². The van der Waals surface area contributed by atoms with Crippen LogP contribution in [0.15, 0.2) is 0 Å². The van der Waals surface area contributed by atoms with Crippen molar-refractivity contribution in [2.45, 2.75) is 37.9 Å². The van der Waals surface area contributed by atoms with Gasteiger partial charge in [-0.1, -0.05) is 0 Å². The molecule has 2 rings (SSSR count). The maximum absolute atomic E-state index is 11.8. The van der Waals surface area contributed by atoms with Crippen molar-refractivity contribution in [2.75, 3.05) is 19.7 Å². The molecule has 1 N–H and O–H groups in total. The molecule has 4 heteroatoms. The zero-order valence-corrected chi connectivity index (χ0v) is 8.32. The fourth-order valence-electron chi connectivity index (χ4n) is 2.13. The molecule has 0 spiro atoms. The molecule has 0 radical (unpaired) electrons. The van der Waals surface area contributed by atoms with Crippen LogP contribution in [0.5, 0.6) is 0 Å². The first kappa shape index (κ1) is 9.93. The molecule has 2 fully saturated rings. The number of nitrogens with zero attached hydrogens (tertiary/aromatic N) is 1. The number of piperidine rings is 1. The summed E-state index contributed by atoms with van der Waals surface area (Å²) in [6.07, 6.45) is 2.96. The number of aliphatic hydroxyl groups is 1. The van der Waals surface area contributed by atoms with Crippen molar-refractivity contribution in [3.8, 4) is 0 Å². The number of amides is 1. The van der Waals surface area contributed by atoms with Crippen molar-refractivity contribution < 1.29 is 14.6 Å². The highest BCUT2D eigenvalue weighted by Gasteiger charge is 2.30. The summed E-state index contributed by atoms with van der Waals surface area (Å²) in [5, 5.41) is 9.44. The molecule has 2 aliphatic heterocycles. The predicted molar refractivity (Wildman–Crippen MR) is 50.8 cm³/mol. The number of hydrogen-bond acceptors (Lipinski definition) is 3. The van der Waals surface area contributed by atoms with Gasteiger partial charge in [0.25, 0.3) is 5.91 Å². The van der Waals surface area contributed by atoms with E-state index < -0.39 is 0 Å². The minimum Gasteiger partial charge on any atom is -0.391 e. The van der Waals surface area contributed by atoms with E-state index in [-0.39, 0.29) is 18.1 Å². The van der Waals surface area contributed by atoms with Crippen molar-refractivity contribution >= 4 is 5.91 Å². The Morgan fingerprint density at radius 2 is 2.21 bits per heavy atom. The number of hydrogen-bond donors (Lipinski definition) is 1. The second-order valence-corrected chi connectivity index (χ2v) is 4.08. The van der Waals surface area contributed by atoms with Gasteiger partial charge in [0, 0.05) is 19.7 Å². The van der Waals surface area contributed by atoms with Gasteiger partial charge in [-0.25, -0.2) is 0 Å². The molecule has 0 aromatic carbocycles. The van der Waals surface area contributed by atoms with E-state index in [0.717, 1.165) is 32.2 Å². The maximum atomic E-state index is 11.8. The summed E-state index contributed by atoms with van der Waals surface area (Å²) in [7, 11) is 0. The Kier molecular flexibility index (Phi) is 3.03. The summed E-state index contributed by atoms with van der Waals surface area (Å²) >= 11 is 0. The number of ether oxygens (including phenoxy) is 1. The Hall–Kier alpha value is -0.610. The molecule has 2 heterocycles. The van der Waals surface area contributed by atoms with Crippen LogP contribution in [-0.4, -0.2) is 47.8 Å². The van der Waals surface area contributed by atoms with Gasteiger partial charge in [0.2, 0.25) is 0 Å². The van der Waals surface area contributed by atoms with Crippen LogP contribution < -0.4 is 0 Å². The highest BCUT2D eigenvalue weighted by Crippen LogP contribution is 2.17. The monoisotopic (exact) mass is 199 g/mol. The lowest BCUT2D eigenvalue weighted by atomic mass is 10.1. The summed E-state index contributed by atoms with van der Waals surface area (Å²) in [5.41, 5.74) is 0. The lowest BCUT2D eigenvalue weighted by Crippen LogP contribution is -2.46. The van der Waals surface area contributed by atoms with Gasteiger partial charge in [-0.2, -0.15) is 0 Å². The Morgan fingerprint density at radius 3 is 2.86 bits per heavy atom. The van der Waals surface area contributed by atoms with E-state index in [0.29, 0.717) is 13.2 Å². The molecule has 0 aromatic rings. The van der Waals surface area contributed by atoms with E-state index in [2.05, 4.69) is 0 Å². The fraction of sp³-hybridized carbons (Fsp3) is 0.900. The largest absolute Gasteiger partial charge is 0.391 e. The van der Waals surface area contributed by atoms with Gasteiger partial charge in [-0.15, -0.1) is 0 Å². The van der Waals surface area contributed by atoms with Crippen molar-refractivity contribution in [1.29, 1.82) is 0 Å². The van der Waals surface area contributed by atoms with Crippen LogP contribution in [0.4, 0.5) is 0 Å². The number of rotatable bonds is 1. The fourth-order valence-corrected chi connectivity index (χ4v) is 2.13. The smallest absolute Gasteiger partial charge is 0.251 e. The van der Waals surface area contributed by atoms with Crippen molar-refractivity contribution in [3.05, 3.63) is 0 Å². The normalized spacial score (nSPS) is 33.4. The third-order valence-electron chi connectivity index (χ3n) is 2.91. The third kappa shape index (κ3) is 2.07. The van der Waals surface area contributed by atoms with Crippen LogP contribution in [0.1, 0.15) is 25.7 Å². The first-order valence-corrected chi connectivity index (χ1v) is 5.36. The second kappa shape index (κ2) is 4.28. The van der Waals surface area contributed by atoms with E-state index in [1.165, 1.54) is 0 Å². The van der Waals surface area contributed by atoms with Gasteiger partial charge in [-0.05, 0) is 25.7 Å². The molecule has 0 bridgehead atoms. The van der Waals surface area contributed by atoms with Crippen molar-refractivity contribution in [3.63, 3.8) is 0 Å². The van der Waals surface area contributed by atoms with Gasteiger partial charge in [0.15, 0.2) is 0 Å². The van der Waals surface area contributed by atoms with Gasteiger partial charge < -0.3 is 14.7 Å². The summed E-state index contributed by atoms with van der Waals surface area (Å²) in [5.74, 6) is 0.0706. The Labute approximate surface area is 83.8 Å². The van der Waals surface area contributed by atoms with E-state index >= 15 is 0 Å². The zero-order valence-electron chi connectivity index (χ0n) is 8.32. The van der Waals surface area contributed by atoms with Crippen LogP contribution in [0, 0.1) is 0 Å². The van der Waals surface area contributed by atoms with Crippen LogP contribution in [0.2, 0.25) is 0 Å². The van der Waals surface area contributed by atoms with Crippen LogP contribution in [0.3, 0.4) is 0 Å². The number of β-amino-alcohol motifs (C(OH)–C–C–N with tert-alkyl or cyclic N) is 1. The number of aliphatic hydroxyl groups excluding tert-OH is 1. The van der Waals surface area contributed by atoms with E-state index in [9.17, 15) is 9.90 Å². The molecule has 2 aliphatic rings. The minimum atomic E-state index is -0.339. The Bertz CT molecular complexity index is 213. The molecule has 0 aliphatic carbocycles. The Balaban J connectivity index is 1.89. The molecule has 1 amide bonds. The SMILES string of the molecule is O=C([C@H]1CCCO1)N1CCCC(O)C1. The van der Waals surface area contributed by atoms with Crippen molar-refractivity contribution in [2.24, 2.45) is 0 Å². The zero-order chi connectivity index (χ0) is 9.97. The average Bonchev–Trinajstić information content (AvgIpc) is 2.69. The number of carbonyl (C=O) groups is 1. The van der Waals surface area contributed by atoms with Gasteiger partial charge in [0.05, 0.1) is 6.10 Å².